The van der Waals surface area contributed by atoms with Crippen molar-refractivity contribution in [3.8, 4) is 11.3 Å². The van der Waals surface area contributed by atoms with Gasteiger partial charge in [-0.1, -0.05) is 0 Å². The van der Waals surface area contributed by atoms with Gasteiger partial charge in [0.2, 0.25) is 11.9 Å². The Kier molecular flexibility index (Phi) is 3.82. The lowest BCUT2D eigenvalue weighted by atomic mass is 9.86. The van der Waals surface area contributed by atoms with Gasteiger partial charge < -0.3 is 10.6 Å². The van der Waals surface area contributed by atoms with Crippen molar-refractivity contribution in [2.75, 3.05) is 36.8 Å². The molecule has 3 atom stereocenters. The first-order chi connectivity index (χ1) is 14.3. The smallest absolute Gasteiger partial charge is 0.368 e. The van der Waals surface area contributed by atoms with Crippen LogP contribution in [0, 0.1) is 17.8 Å². The maximum absolute atomic E-state index is 12.7. The van der Waals surface area contributed by atoms with Gasteiger partial charge in [0.25, 0.3) is 0 Å². The molecule has 158 valence electrons. The van der Waals surface area contributed by atoms with Crippen molar-refractivity contribution in [2.45, 2.75) is 31.0 Å². The number of alkyl halides is 3. The Morgan fingerprint density at radius 1 is 1.03 bits per heavy atom. The molecular weight excluding hydrogens is 395 g/mol. The van der Waals surface area contributed by atoms with Gasteiger partial charge >= 0.3 is 6.18 Å². The molecule has 0 radical (unpaired) electrons. The highest BCUT2D eigenvalue weighted by molar-refractivity contribution is 5.60. The molecule has 2 aliphatic carbocycles. The van der Waals surface area contributed by atoms with E-state index in [4.69, 9.17) is 15.7 Å². The topological polar surface area (TPSA) is 84.1 Å². The average Bonchev–Trinajstić information content (AvgIpc) is 3.06. The van der Waals surface area contributed by atoms with Crippen molar-refractivity contribution in [1.29, 1.82) is 0 Å². The predicted molar refractivity (Wildman–Crippen MR) is 104 cm³/mol. The second-order valence-corrected chi connectivity index (χ2v) is 9.11. The van der Waals surface area contributed by atoms with E-state index in [0.29, 0.717) is 19.1 Å². The number of anilines is 2. The number of hydrogen-bond donors (Lipinski definition) is 1. The summed E-state index contributed by atoms with van der Waals surface area (Å²) in [6.07, 6.45) is 1.54. The highest BCUT2D eigenvalue weighted by Gasteiger charge is 2.58. The molecule has 3 aliphatic heterocycles. The number of aromatic nitrogens is 4. The van der Waals surface area contributed by atoms with E-state index in [0.717, 1.165) is 35.4 Å². The van der Waals surface area contributed by atoms with Crippen LogP contribution < -0.4 is 10.6 Å². The molecule has 0 unspecified atom stereocenters. The van der Waals surface area contributed by atoms with Crippen LogP contribution in [0.1, 0.15) is 24.5 Å². The Morgan fingerprint density at radius 3 is 2.33 bits per heavy atom. The van der Waals surface area contributed by atoms with Gasteiger partial charge in [0, 0.05) is 49.6 Å². The zero-order valence-electron chi connectivity index (χ0n) is 16.3. The van der Waals surface area contributed by atoms with Gasteiger partial charge in [-0.05, 0) is 36.7 Å². The summed E-state index contributed by atoms with van der Waals surface area (Å²) < 4.78 is 38.1. The third-order valence-electron chi connectivity index (χ3n) is 7.08. The number of halogens is 3. The van der Waals surface area contributed by atoms with Crippen LogP contribution in [-0.4, -0.2) is 63.2 Å². The number of nitrogen functional groups attached to an aromatic ring is 1. The van der Waals surface area contributed by atoms with E-state index in [1.165, 1.54) is 17.7 Å². The lowest BCUT2D eigenvalue weighted by Gasteiger charge is -2.26. The molecule has 0 amide bonds. The Balaban J connectivity index is 1.29. The van der Waals surface area contributed by atoms with Crippen molar-refractivity contribution in [3.63, 3.8) is 0 Å². The third kappa shape index (κ3) is 3.08. The fourth-order valence-electron chi connectivity index (χ4n) is 5.58. The molecule has 2 N–H and O–H groups in total. The molecule has 30 heavy (non-hydrogen) atoms. The molecule has 5 heterocycles. The lowest BCUT2D eigenvalue weighted by molar-refractivity contribution is -0.144. The summed E-state index contributed by atoms with van der Waals surface area (Å²) >= 11 is 0. The summed E-state index contributed by atoms with van der Waals surface area (Å²) in [5.41, 5.74) is 8.06. The van der Waals surface area contributed by atoms with E-state index in [1.54, 1.807) is 12.4 Å². The summed E-state index contributed by atoms with van der Waals surface area (Å²) in [4.78, 5) is 21.6. The van der Waals surface area contributed by atoms with Gasteiger partial charge in [-0.2, -0.15) is 13.2 Å². The molecule has 10 heteroatoms. The average molecular weight is 417 g/mol. The van der Waals surface area contributed by atoms with Crippen LogP contribution in [0.3, 0.4) is 0 Å². The Labute approximate surface area is 171 Å². The molecule has 2 aromatic rings. The van der Waals surface area contributed by atoms with Crippen molar-refractivity contribution in [2.24, 2.45) is 17.8 Å². The van der Waals surface area contributed by atoms with E-state index >= 15 is 0 Å². The largest absolute Gasteiger partial charge is 0.401 e. The van der Waals surface area contributed by atoms with E-state index in [1.807, 2.05) is 6.07 Å². The van der Waals surface area contributed by atoms with Crippen LogP contribution in [0.5, 0.6) is 0 Å². The van der Waals surface area contributed by atoms with Crippen LogP contribution in [0.2, 0.25) is 0 Å². The van der Waals surface area contributed by atoms with Crippen molar-refractivity contribution < 1.29 is 13.2 Å². The summed E-state index contributed by atoms with van der Waals surface area (Å²) in [7, 11) is 0. The first-order valence-corrected chi connectivity index (χ1v) is 10.4. The summed E-state index contributed by atoms with van der Waals surface area (Å²) in [5, 5.41) is 0. The van der Waals surface area contributed by atoms with Crippen molar-refractivity contribution >= 4 is 11.9 Å². The second kappa shape index (κ2) is 6.26. The predicted octanol–water partition coefficient (Wildman–Crippen LogP) is 2.32. The fraction of sp³-hybridized carbons (Fsp3) is 0.600. The minimum Gasteiger partial charge on any atom is -0.368 e. The highest BCUT2D eigenvalue weighted by atomic mass is 19.4. The Bertz CT molecular complexity index is 961. The monoisotopic (exact) mass is 417 g/mol. The Hall–Kier alpha value is -2.49. The molecule has 7 nitrogen and oxygen atoms in total. The van der Waals surface area contributed by atoms with Crippen molar-refractivity contribution in [1.82, 2.24) is 24.8 Å². The van der Waals surface area contributed by atoms with Crippen LogP contribution in [0.15, 0.2) is 18.5 Å². The summed E-state index contributed by atoms with van der Waals surface area (Å²) in [6, 6.07) is 2.46. The number of rotatable bonds is 4. The number of nitrogens with two attached hydrogens (primary N) is 1. The van der Waals surface area contributed by atoms with Gasteiger partial charge in [-0.25, -0.2) is 19.9 Å². The number of piperidine rings is 1. The molecule has 7 rings (SSSR count). The quantitative estimate of drug-likeness (QED) is 0.817. The zero-order chi connectivity index (χ0) is 20.6. The molecule has 0 aromatic carbocycles. The summed E-state index contributed by atoms with van der Waals surface area (Å²) in [6.45, 7) is 1.10. The molecule has 2 aromatic heterocycles. The SMILES string of the molecule is Nc1ncc(-c2cc([C@H]3[C@@H]4CN(CC(F)(F)F)C[C@@H]43)nc(N3CC4CC3C4)n2)cn1. The number of nitrogens with zero attached hydrogens (tertiary/aromatic N) is 6. The van der Waals surface area contributed by atoms with Crippen LogP contribution in [0.4, 0.5) is 25.1 Å². The molecule has 5 aliphatic rings. The van der Waals surface area contributed by atoms with Gasteiger partial charge in [0.1, 0.15) is 0 Å². The van der Waals surface area contributed by atoms with Gasteiger partial charge in [-0.15, -0.1) is 0 Å². The Morgan fingerprint density at radius 2 is 1.73 bits per heavy atom. The van der Waals surface area contributed by atoms with E-state index in [2.05, 4.69) is 14.9 Å². The van der Waals surface area contributed by atoms with Gasteiger partial charge in [0.15, 0.2) is 0 Å². The minimum absolute atomic E-state index is 0.197. The molecular formula is C20H22F3N7. The molecule has 3 saturated heterocycles. The zero-order valence-corrected chi connectivity index (χ0v) is 16.3. The number of hydrogen-bond acceptors (Lipinski definition) is 7. The molecule has 2 saturated carbocycles. The molecule has 0 spiro atoms. The first-order valence-electron chi connectivity index (χ1n) is 10.4. The fourth-order valence-corrected chi connectivity index (χ4v) is 5.58. The van der Waals surface area contributed by atoms with Gasteiger partial charge in [0.05, 0.1) is 17.9 Å². The maximum atomic E-state index is 12.7. The van der Waals surface area contributed by atoms with Crippen LogP contribution in [-0.2, 0) is 0 Å². The number of likely N-dealkylation sites (tertiary alicyclic amines) is 1. The summed E-state index contributed by atoms with van der Waals surface area (Å²) in [5.74, 6) is 2.32. The van der Waals surface area contributed by atoms with E-state index < -0.39 is 12.7 Å². The molecule has 5 fully saturated rings. The third-order valence-corrected chi connectivity index (χ3v) is 7.08. The van der Waals surface area contributed by atoms with Crippen molar-refractivity contribution in [3.05, 3.63) is 24.2 Å². The number of fused-ring (bicyclic) bond motifs is 2. The minimum atomic E-state index is -4.15. The van der Waals surface area contributed by atoms with Crippen LogP contribution >= 0.6 is 0 Å². The second-order valence-electron chi connectivity index (χ2n) is 9.11. The maximum Gasteiger partial charge on any atom is 0.401 e. The van der Waals surface area contributed by atoms with Crippen LogP contribution in [0.25, 0.3) is 11.3 Å². The standard InChI is InChI=1S/C20H22F3N7/c21-20(22,23)9-29-7-13-14(8-29)17(13)16-3-15(11-4-25-18(24)26-5-11)27-19(28-16)30-6-10-1-12(30)2-10/h3-5,10,12-14,17H,1-2,6-9H2,(H2,24,25,26)/t10?,12?,13-,14+,17+. The first kappa shape index (κ1) is 18.3. The van der Waals surface area contributed by atoms with E-state index in [-0.39, 0.29) is 23.7 Å². The lowest BCUT2D eigenvalue weighted by Crippen LogP contribution is -2.34. The molecule has 2 bridgehead atoms. The normalized spacial score (nSPS) is 32.2. The highest BCUT2D eigenvalue weighted by Crippen LogP contribution is 2.58. The van der Waals surface area contributed by atoms with Gasteiger partial charge in [-0.3, -0.25) is 4.90 Å². The van der Waals surface area contributed by atoms with E-state index in [9.17, 15) is 13.2 Å².